The molecule has 0 unspecified atom stereocenters. The summed E-state index contributed by atoms with van der Waals surface area (Å²) in [5.41, 5.74) is -0.215. The van der Waals surface area contributed by atoms with E-state index in [0.717, 1.165) is 12.1 Å². The molecule has 0 N–H and O–H groups in total. The maximum absolute atomic E-state index is 12.6. The van der Waals surface area contributed by atoms with Crippen LogP contribution >= 0.6 is 23.2 Å². The zero-order chi connectivity index (χ0) is 14.6. The number of nitrogens with zero attached hydrogens (tertiary/aromatic N) is 1. The summed E-state index contributed by atoms with van der Waals surface area (Å²) in [5, 5.41) is -0.518. The minimum Gasteiger partial charge on any atom is -0.301 e. The van der Waals surface area contributed by atoms with Gasteiger partial charge in [-0.3, -0.25) is 0 Å². The molecule has 108 valence electrons. The first kappa shape index (κ1) is 16.6. The van der Waals surface area contributed by atoms with Gasteiger partial charge in [0.2, 0.25) is 0 Å². The van der Waals surface area contributed by atoms with Crippen LogP contribution in [0.2, 0.25) is 0 Å². The van der Waals surface area contributed by atoms with Gasteiger partial charge in [-0.2, -0.15) is 13.2 Å². The summed E-state index contributed by atoms with van der Waals surface area (Å²) in [5.74, 6) is 0.451. The minimum atomic E-state index is -4.35. The third-order valence-electron chi connectivity index (χ3n) is 3.09. The van der Waals surface area contributed by atoms with Crippen molar-refractivity contribution in [1.82, 2.24) is 4.90 Å². The molecule has 0 amide bonds. The normalized spacial score (nSPS) is 15.6. The van der Waals surface area contributed by atoms with E-state index in [4.69, 9.17) is 23.2 Å². The fourth-order valence-corrected chi connectivity index (χ4v) is 2.32. The molecule has 0 aromatic heterocycles. The number of rotatable bonds is 5. The summed E-state index contributed by atoms with van der Waals surface area (Å²) < 4.78 is 37.9. The highest BCUT2D eigenvalue weighted by Gasteiger charge is 2.31. The molecule has 19 heavy (non-hydrogen) atoms. The molecule has 0 bridgehead atoms. The molecule has 0 saturated heterocycles. The zero-order valence-corrected chi connectivity index (χ0v) is 12.2. The van der Waals surface area contributed by atoms with Gasteiger partial charge in [0.15, 0.2) is 0 Å². The van der Waals surface area contributed by atoms with Gasteiger partial charge < -0.3 is 4.90 Å². The van der Waals surface area contributed by atoms with Gasteiger partial charge in [0.25, 0.3) is 0 Å². The molecular formula is C13H16Cl2F3N. The summed E-state index contributed by atoms with van der Waals surface area (Å²) >= 11 is 11.9. The molecular weight excluding hydrogens is 298 g/mol. The number of likely N-dealkylation sites (N-methyl/N-ethyl adjacent to an activating group) is 1. The van der Waals surface area contributed by atoms with E-state index in [1.54, 1.807) is 6.07 Å². The second-order valence-electron chi connectivity index (χ2n) is 4.44. The van der Waals surface area contributed by atoms with E-state index in [2.05, 4.69) is 0 Å². The molecule has 0 aliphatic rings. The highest BCUT2D eigenvalue weighted by molar-refractivity contribution is 6.21. The number of alkyl halides is 5. The number of hydrogen-bond donors (Lipinski definition) is 0. The smallest absolute Gasteiger partial charge is 0.301 e. The van der Waals surface area contributed by atoms with E-state index in [0.29, 0.717) is 18.0 Å². The van der Waals surface area contributed by atoms with Crippen LogP contribution < -0.4 is 0 Å². The largest absolute Gasteiger partial charge is 0.416 e. The van der Waals surface area contributed by atoms with Crippen molar-refractivity contribution in [2.24, 2.45) is 0 Å². The van der Waals surface area contributed by atoms with Gasteiger partial charge in [-0.05, 0) is 25.6 Å². The SMILES string of the molecule is C[C@@H]([C@@H](Cl)c1cccc(C(F)(F)F)c1)N(C)CCCl. The van der Waals surface area contributed by atoms with E-state index in [1.165, 1.54) is 6.07 Å². The Hall–Kier alpha value is -0.450. The summed E-state index contributed by atoms with van der Waals surface area (Å²) in [7, 11) is 1.84. The molecule has 0 radical (unpaired) electrons. The monoisotopic (exact) mass is 313 g/mol. The Balaban J connectivity index is 2.91. The average molecular weight is 314 g/mol. The maximum Gasteiger partial charge on any atom is 0.416 e. The van der Waals surface area contributed by atoms with E-state index in [9.17, 15) is 13.2 Å². The predicted molar refractivity (Wildman–Crippen MR) is 72.9 cm³/mol. The van der Waals surface area contributed by atoms with Crippen LogP contribution in [0.15, 0.2) is 24.3 Å². The van der Waals surface area contributed by atoms with Crippen molar-refractivity contribution in [3.05, 3.63) is 35.4 Å². The molecule has 0 aliphatic carbocycles. The Morgan fingerprint density at radius 3 is 2.47 bits per heavy atom. The highest BCUT2D eigenvalue weighted by atomic mass is 35.5. The number of hydrogen-bond acceptors (Lipinski definition) is 1. The third kappa shape index (κ3) is 4.55. The van der Waals surface area contributed by atoms with Crippen LogP contribution in [-0.2, 0) is 6.18 Å². The van der Waals surface area contributed by atoms with Gasteiger partial charge in [-0.1, -0.05) is 18.2 Å². The summed E-state index contributed by atoms with van der Waals surface area (Å²) in [6.45, 7) is 2.50. The molecule has 0 spiro atoms. The Labute approximate surface area is 121 Å². The second-order valence-corrected chi connectivity index (χ2v) is 5.28. The van der Waals surface area contributed by atoms with Crippen molar-refractivity contribution >= 4 is 23.2 Å². The van der Waals surface area contributed by atoms with Crippen molar-refractivity contribution in [1.29, 1.82) is 0 Å². The Bertz CT molecular complexity index is 409. The lowest BCUT2D eigenvalue weighted by atomic mass is 10.0. The van der Waals surface area contributed by atoms with Crippen LogP contribution in [0.25, 0.3) is 0 Å². The predicted octanol–water partition coefficient (Wildman–Crippen LogP) is 4.54. The first-order valence-corrected chi connectivity index (χ1v) is 6.82. The van der Waals surface area contributed by atoms with E-state index in [1.807, 2.05) is 18.9 Å². The molecule has 0 fully saturated rings. The highest BCUT2D eigenvalue weighted by Crippen LogP contribution is 2.33. The van der Waals surface area contributed by atoms with Crippen LogP contribution in [-0.4, -0.2) is 30.4 Å². The molecule has 0 heterocycles. The Morgan fingerprint density at radius 1 is 1.32 bits per heavy atom. The standard InChI is InChI=1S/C13H16Cl2F3N/c1-9(19(2)7-6-14)12(15)10-4-3-5-11(8-10)13(16,17)18/h3-5,8-9,12H,6-7H2,1-2H3/t9-,12+/m0/s1. The molecule has 1 aromatic carbocycles. The fourth-order valence-electron chi connectivity index (χ4n) is 1.73. The van der Waals surface area contributed by atoms with Crippen LogP contribution in [0.5, 0.6) is 0 Å². The summed E-state index contributed by atoms with van der Waals surface area (Å²) in [6.07, 6.45) is -4.35. The van der Waals surface area contributed by atoms with Crippen molar-refractivity contribution in [3.8, 4) is 0 Å². The molecule has 1 aromatic rings. The topological polar surface area (TPSA) is 3.24 Å². The summed E-state index contributed by atoms with van der Waals surface area (Å²) in [4.78, 5) is 1.92. The Morgan fingerprint density at radius 2 is 1.95 bits per heavy atom. The van der Waals surface area contributed by atoms with E-state index < -0.39 is 17.1 Å². The van der Waals surface area contributed by atoms with Gasteiger partial charge in [0.05, 0.1) is 10.9 Å². The first-order chi connectivity index (χ1) is 8.77. The van der Waals surface area contributed by atoms with Gasteiger partial charge in [-0.25, -0.2) is 0 Å². The molecule has 0 aliphatic heterocycles. The van der Waals surface area contributed by atoms with Gasteiger partial charge in [0.1, 0.15) is 0 Å². The Kier molecular flexibility index (Phi) is 5.96. The molecule has 6 heteroatoms. The molecule has 1 rings (SSSR count). The molecule has 1 nitrogen and oxygen atoms in total. The van der Waals surface area contributed by atoms with Crippen molar-refractivity contribution in [2.45, 2.75) is 24.5 Å². The van der Waals surface area contributed by atoms with Gasteiger partial charge in [0, 0.05) is 18.5 Å². The second kappa shape index (κ2) is 6.82. The molecule has 2 atom stereocenters. The lowest BCUT2D eigenvalue weighted by molar-refractivity contribution is -0.137. The van der Waals surface area contributed by atoms with Crippen LogP contribution in [0.4, 0.5) is 13.2 Å². The van der Waals surface area contributed by atoms with Crippen LogP contribution in [0.3, 0.4) is 0 Å². The minimum absolute atomic E-state index is 0.107. The van der Waals surface area contributed by atoms with Crippen molar-refractivity contribution < 1.29 is 13.2 Å². The van der Waals surface area contributed by atoms with Crippen molar-refractivity contribution in [2.75, 3.05) is 19.5 Å². The van der Waals surface area contributed by atoms with Crippen LogP contribution in [0.1, 0.15) is 23.4 Å². The lowest BCUT2D eigenvalue weighted by Gasteiger charge is -2.28. The van der Waals surface area contributed by atoms with Gasteiger partial charge in [-0.15, -0.1) is 23.2 Å². The number of benzene rings is 1. The fraction of sp³-hybridized carbons (Fsp3) is 0.538. The first-order valence-electron chi connectivity index (χ1n) is 5.84. The lowest BCUT2D eigenvalue weighted by Crippen LogP contribution is -2.34. The van der Waals surface area contributed by atoms with E-state index in [-0.39, 0.29) is 6.04 Å². The summed E-state index contributed by atoms with van der Waals surface area (Å²) in [6, 6.07) is 5.02. The maximum atomic E-state index is 12.6. The van der Waals surface area contributed by atoms with E-state index >= 15 is 0 Å². The molecule has 0 saturated carbocycles. The number of halogens is 5. The average Bonchev–Trinajstić information content (AvgIpc) is 2.36. The van der Waals surface area contributed by atoms with Crippen molar-refractivity contribution in [3.63, 3.8) is 0 Å². The zero-order valence-electron chi connectivity index (χ0n) is 10.7. The van der Waals surface area contributed by atoms with Gasteiger partial charge >= 0.3 is 6.18 Å². The quantitative estimate of drug-likeness (QED) is 0.721. The van der Waals surface area contributed by atoms with Crippen LogP contribution in [0, 0.1) is 0 Å². The third-order valence-corrected chi connectivity index (χ3v) is 3.87.